The van der Waals surface area contributed by atoms with E-state index >= 15 is 0 Å². The Kier molecular flexibility index (Phi) is 6.77. The highest BCUT2D eigenvalue weighted by atomic mass is 16.3. The monoisotopic (exact) mass is 343 g/mol. The number of hydrogen-bond acceptors (Lipinski definition) is 3. The second-order valence-electron chi connectivity index (χ2n) is 6.38. The largest absolute Gasteiger partial charge is 0.387 e. The Balaban J connectivity index is 1.77. The Morgan fingerprint density at radius 1 is 0.960 bits per heavy atom. The van der Waals surface area contributed by atoms with Crippen molar-refractivity contribution in [3.05, 3.63) is 48.0 Å². The first-order valence-corrected chi connectivity index (χ1v) is 8.41. The van der Waals surface area contributed by atoms with E-state index in [2.05, 4.69) is 16.0 Å². The van der Waals surface area contributed by atoms with Crippen molar-refractivity contribution in [2.75, 3.05) is 19.6 Å². The van der Waals surface area contributed by atoms with Crippen LogP contribution in [0.2, 0.25) is 0 Å². The van der Waals surface area contributed by atoms with Crippen molar-refractivity contribution < 1.29 is 14.7 Å². The number of urea groups is 1. The number of benzene rings is 2. The van der Waals surface area contributed by atoms with E-state index in [1.807, 2.05) is 56.3 Å². The Bertz CT molecular complexity index is 731. The van der Waals surface area contributed by atoms with Crippen LogP contribution in [-0.2, 0) is 4.79 Å². The van der Waals surface area contributed by atoms with Crippen LogP contribution in [0.4, 0.5) is 4.79 Å². The summed E-state index contributed by atoms with van der Waals surface area (Å²) < 4.78 is 0. The van der Waals surface area contributed by atoms with Crippen molar-refractivity contribution in [3.8, 4) is 0 Å². The zero-order chi connectivity index (χ0) is 18.2. The maximum Gasteiger partial charge on any atom is 0.315 e. The van der Waals surface area contributed by atoms with Crippen molar-refractivity contribution in [2.24, 2.45) is 5.92 Å². The average Bonchev–Trinajstić information content (AvgIpc) is 2.62. The molecule has 2 rings (SSSR count). The Labute approximate surface area is 147 Å². The highest BCUT2D eigenvalue weighted by Crippen LogP contribution is 2.19. The van der Waals surface area contributed by atoms with Crippen LogP contribution in [0.3, 0.4) is 0 Å². The number of aliphatic hydroxyl groups is 1. The van der Waals surface area contributed by atoms with Crippen LogP contribution in [0.5, 0.6) is 0 Å². The molecule has 0 aliphatic carbocycles. The van der Waals surface area contributed by atoms with E-state index in [1.165, 1.54) is 0 Å². The second kappa shape index (κ2) is 9.03. The van der Waals surface area contributed by atoms with Crippen molar-refractivity contribution >= 4 is 22.7 Å². The summed E-state index contributed by atoms with van der Waals surface area (Å²) in [5.41, 5.74) is 0.730. The lowest BCUT2D eigenvalue weighted by molar-refractivity contribution is -0.120. The number of carbonyl (C=O) groups is 2. The van der Waals surface area contributed by atoms with Gasteiger partial charge in [0.2, 0.25) is 5.91 Å². The molecule has 2 aromatic rings. The van der Waals surface area contributed by atoms with Gasteiger partial charge in [-0.1, -0.05) is 50.2 Å². The first-order valence-electron chi connectivity index (χ1n) is 8.41. The molecule has 2 aromatic carbocycles. The first-order chi connectivity index (χ1) is 12.0. The minimum Gasteiger partial charge on any atom is -0.387 e. The van der Waals surface area contributed by atoms with E-state index in [0.29, 0.717) is 12.5 Å². The molecule has 134 valence electrons. The number of nitrogens with one attached hydrogen (secondary N) is 3. The molecule has 25 heavy (non-hydrogen) atoms. The summed E-state index contributed by atoms with van der Waals surface area (Å²) in [6, 6.07) is 13.1. The fourth-order valence-electron chi connectivity index (χ4n) is 2.33. The van der Waals surface area contributed by atoms with Gasteiger partial charge in [-0.25, -0.2) is 4.79 Å². The van der Waals surface area contributed by atoms with Gasteiger partial charge in [-0.05, 0) is 28.3 Å². The molecule has 0 aliphatic heterocycles. The summed E-state index contributed by atoms with van der Waals surface area (Å²) >= 11 is 0. The van der Waals surface area contributed by atoms with Gasteiger partial charge in [0, 0.05) is 13.1 Å². The van der Waals surface area contributed by atoms with Crippen LogP contribution < -0.4 is 16.0 Å². The molecule has 0 aromatic heterocycles. The molecular weight excluding hydrogens is 318 g/mol. The lowest BCUT2D eigenvalue weighted by atomic mass is 10.0. The number of carbonyl (C=O) groups excluding carboxylic acids is 2. The van der Waals surface area contributed by atoms with Crippen LogP contribution in [0.1, 0.15) is 25.5 Å². The molecule has 0 heterocycles. The molecule has 0 aliphatic rings. The molecule has 0 saturated heterocycles. The molecule has 6 heteroatoms. The minimum atomic E-state index is -0.815. The maximum absolute atomic E-state index is 11.7. The van der Waals surface area contributed by atoms with Gasteiger partial charge < -0.3 is 21.1 Å². The van der Waals surface area contributed by atoms with E-state index in [9.17, 15) is 14.7 Å². The number of amides is 3. The molecular formula is C19H25N3O3. The third kappa shape index (κ3) is 6.08. The molecule has 0 spiro atoms. The molecule has 0 saturated carbocycles. The molecule has 0 bridgehead atoms. The van der Waals surface area contributed by atoms with Crippen molar-refractivity contribution in [1.82, 2.24) is 16.0 Å². The zero-order valence-corrected chi connectivity index (χ0v) is 14.6. The Morgan fingerprint density at radius 3 is 2.40 bits per heavy atom. The summed E-state index contributed by atoms with van der Waals surface area (Å²) in [5.74, 6) is 0.119. The zero-order valence-electron chi connectivity index (χ0n) is 14.6. The van der Waals surface area contributed by atoms with E-state index in [1.54, 1.807) is 0 Å². The lowest BCUT2D eigenvalue weighted by Crippen LogP contribution is -2.43. The normalized spacial score (nSPS) is 12.0. The Hall–Kier alpha value is -2.60. The van der Waals surface area contributed by atoms with Gasteiger partial charge in [-0.2, -0.15) is 0 Å². The summed E-state index contributed by atoms with van der Waals surface area (Å²) in [6.45, 7) is 4.54. The number of rotatable bonds is 7. The van der Waals surface area contributed by atoms with Gasteiger partial charge in [-0.15, -0.1) is 0 Å². The third-order valence-corrected chi connectivity index (χ3v) is 3.73. The van der Waals surface area contributed by atoms with Crippen LogP contribution >= 0.6 is 0 Å². The fraction of sp³-hybridized carbons (Fsp3) is 0.368. The minimum absolute atomic E-state index is 0.0672. The predicted molar refractivity (Wildman–Crippen MR) is 98.2 cm³/mol. The quantitative estimate of drug-likeness (QED) is 0.619. The van der Waals surface area contributed by atoms with Crippen LogP contribution in [0.15, 0.2) is 42.5 Å². The summed E-state index contributed by atoms with van der Waals surface area (Å²) in [4.78, 5) is 23.3. The van der Waals surface area contributed by atoms with Crippen molar-refractivity contribution in [1.29, 1.82) is 0 Å². The fourth-order valence-corrected chi connectivity index (χ4v) is 2.33. The lowest BCUT2D eigenvalue weighted by Gasteiger charge is -2.14. The smallest absolute Gasteiger partial charge is 0.315 e. The molecule has 3 amide bonds. The van der Waals surface area contributed by atoms with E-state index in [4.69, 9.17) is 0 Å². The van der Waals surface area contributed by atoms with Crippen LogP contribution in [-0.4, -0.2) is 36.7 Å². The molecule has 0 fully saturated rings. The first kappa shape index (κ1) is 18.7. The number of aliphatic hydroxyl groups excluding tert-OH is 1. The Morgan fingerprint density at radius 2 is 1.68 bits per heavy atom. The average molecular weight is 343 g/mol. The second-order valence-corrected chi connectivity index (χ2v) is 6.38. The van der Waals surface area contributed by atoms with E-state index in [-0.39, 0.29) is 19.0 Å². The third-order valence-electron chi connectivity index (χ3n) is 3.73. The van der Waals surface area contributed by atoms with Gasteiger partial charge in [0.25, 0.3) is 0 Å². The molecule has 6 nitrogen and oxygen atoms in total. The number of hydrogen-bond donors (Lipinski definition) is 4. The van der Waals surface area contributed by atoms with Gasteiger partial charge >= 0.3 is 6.03 Å². The maximum atomic E-state index is 11.7. The van der Waals surface area contributed by atoms with Crippen LogP contribution in [0, 0.1) is 5.92 Å². The highest BCUT2D eigenvalue weighted by molar-refractivity contribution is 5.84. The molecule has 0 radical (unpaired) electrons. The van der Waals surface area contributed by atoms with E-state index in [0.717, 1.165) is 16.3 Å². The number of fused-ring (bicyclic) bond motifs is 1. The highest BCUT2D eigenvalue weighted by Gasteiger charge is 2.11. The van der Waals surface area contributed by atoms with Gasteiger partial charge in [0.1, 0.15) is 0 Å². The van der Waals surface area contributed by atoms with Gasteiger partial charge in [0.05, 0.1) is 12.6 Å². The summed E-state index contributed by atoms with van der Waals surface area (Å²) in [6.07, 6.45) is -0.815. The summed E-state index contributed by atoms with van der Waals surface area (Å²) in [5, 5.41) is 20.1. The molecule has 4 N–H and O–H groups in total. The van der Waals surface area contributed by atoms with Crippen LogP contribution in [0.25, 0.3) is 10.8 Å². The predicted octanol–water partition coefficient (Wildman–Crippen LogP) is 1.94. The van der Waals surface area contributed by atoms with Crippen molar-refractivity contribution in [2.45, 2.75) is 20.0 Å². The van der Waals surface area contributed by atoms with Gasteiger partial charge in [-0.3, -0.25) is 4.79 Å². The molecule has 1 unspecified atom stereocenters. The van der Waals surface area contributed by atoms with Gasteiger partial charge in [0.15, 0.2) is 0 Å². The summed E-state index contributed by atoms with van der Waals surface area (Å²) in [7, 11) is 0. The SMILES string of the molecule is CC(C)CNC(=O)CNC(=O)NCC(O)c1ccc2ccccc2c1. The van der Waals surface area contributed by atoms with Crippen molar-refractivity contribution in [3.63, 3.8) is 0 Å². The topological polar surface area (TPSA) is 90.5 Å². The standard InChI is InChI=1S/C19H25N3O3/c1-13(2)10-20-18(24)12-22-19(25)21-11-17(23)16-8-7-14-5-3-4-6-15(14)9-16/h3-9,13,17,23H,10-12H2,1-2H3,(H,20,24)(H2,21,22,25). The van der Waals surface area contributed by atoms with E-state index < -0.39 is 12.1 Å². The molecule has 1 atom stereocenters.